The average Bonchev–Trinajstić information content (AvgIpc) is 3.74. The normalized spacial score (nSPS) is 17.8. The van der Waals surface area contributed by atoms with E-state index in [1.807, 2.05) is 58.9 Å². The van der Waals surface area contributed by atoms with Crippen molar-refractivity contribution in [2.45, 2.75) is 130 Å². The van der Waals surface area contributed by atoms with Crippen molar-refractivity contribution in [1.29, 1.82) is 0 Å². The van der Waals surface area contributed by atoms with E-state index in [0.717, 1.165) is 30.9 Å². The minimum atomic E-state index is -3.67. The third-order valence-corrected chi connectivity index (χ3v) is 9.86. The standard InChI is InChI=1S/C26H34F2O4.C16H24O3.C10H9F2O.BF3.K/c1-19(2)32-25(30)14-10-5-4-9-13-23-22(20(3)17-24(23)29)15-16-26(27,28)18-31-21-11-7-6-8-12-21;1-12(2)19-16(18)9-7-5-4-6-8-14-10-13(3)11-15(14)17;1-2-10(11,12)8-13-9-6-4-3-5-7-9;2-1(3)4;/h4,6-9,11-12,15-16,19-20,22-23H,5,10,13-14,17-18H2,1-3H3;4,6,10,12-13H,5,7-9,11H2,1-3H3;1-7H,8H2;;/q;;-1;;+1/b9-4-,16-15+;6-4-;;;/t20-,22+,23-;13-;;;/m10.../s1. The zero-order chi connectivity index (χ0) is 51.1. The van der Waals surface area contributed by atoms with E-state index in [-0.39, 0.29) is 105 Å². The number of rotatable bonds is 23. The fraction of sp³-hybridized carbons (Fsp3) is 0.500. The minimum Gasteiger partial charge on any atom is -0.512 e. The van der Waals surface area contributed by atoms with Gasteiger partial charge in [-0.15, -0.1) is 0 Å². The molecular weight excluding hydrogens is 935 g/mol. The molecule has 0 radical (unpaired) electrons. The Labute approximate surface area is 447 Å². The SMILES string of the molecule is CC(C)OC(=O)CCC/C=C\CC1=C[C@H](C)CC1=O.CC(C)OC(=O)CCC/C=C\C[C@H]1C(=O)C[C@@H](C)[C@@H]1/C=C/C(F)(F)COc1ccccc1.FB(F)F.[CH-]=CC(F)(F)COc1ccccc1.[K+]. The summed E-state index contributed by atoms with van der Waals surface area (Å²) >= 11 is 0. The topological polar surface area (TPSA) is 105 Å². The summed E-state index contributed by atoms with van der Waals surface area (Å²) in [5, 5.41) is 0. The molecule has 0 saturated heterocycles. The summed E-state index contributed by atoms with van der Waals surface area (Å²) in [6.07, 6.45) is 18.7. The summed E-state index contributed by atoms with van der Waals surface area (Å²) < 4.78 is 103. The Morgan fingerprint density at radius 2 is 1.20 bits per heavy atom. The predicted octanol–water partition coefficient (Wildman–Crippen LogP) is 10.3. The van der Waals surface area contributed by atoms with Gasteiger partial charge < -0.3 is 25.5 Å². The smallest absolute Gasteiger partial charge is 0.512 e. The summed E-state index contributed by atoms with van der Waals surface area (Å²) in [6.45, 7) is 14.6. The summed E-state index contributed by atoms with van der Waals surface area (Å²) in [4.78, 5) is 46.7. The van der Waals surface area contributed by atoms with Crippen LogP contribution in [0.1, 0.15) is 106 Å². The Hall–Kier alpha value is -3.77. The van der Waals surface area contributed by atoms with Crippen LogP contribution in [-0.2, 0) is 28.7 Å². The van der Waals surface area contributed by atoms with Gasteiger partial charge >= 0.3 is 70.9 Å². The van der Waals surface area contributed by atoms with Gasteiger partial charge in [0.2, 0.25) is 0 Å². The molecule has 4 rings (SSSR count). The second kappa shape index (κ2) is 36.2. The number of carbonyl (C=O) groups excluding carboxylic acids is 4. The number of ketones is 2. The monoisotopic (exact) mass is 1000 g/mol. The van der Waals surface area contributed by atoms with E-state index in [2.05, 4.69) is 13.0 Å². The van der Waals surface area contributed by atoms with Crippen molar-refractivity contribution in [1.82, 2.24) is 0 Å². The molecular formula is C52H67BF7KO8. The fourth-order valence-electron chi connectivity index (χ4n) is 6.73. The van der Waals surface area contributed by atoms with Crippen LogP contribution in [0.4, 0.5) is 30.5 Å². The van der Waals surface area contributed by atoms with Crippen LogP contribution in [0.3, 0.4) is 0 Å². The first-order valence-electron chi connectivity index (χ1n) is 22.8. The van der Waals surface area contributed by atoms with Crippen molar-refractivity contribution in [2.24, 2.45) is 23.7 Å². The Morgan fingerprint density at radius 1 is 0.739 bits per heavy atom. The Kier molecular flexibility index (Phi) is 34.2. The number of hydrogen-bond acceptors (Lipinski definition) is 8. The van der Waals surface area contributed by atoms with Crippen molar-refractivity contribution < 1.29 is 120 Å². The first-order valence-corrected chi connectivity index (χ1v) is 22.8. The predicted molar refractivity (Wildman–Crippen MR) is 251 cm³/mol. The van der Waals surface area contributed by atoms with Gasteiger partial charge in [-0.2, -0.15) is 8.78 Å². The molecule has 1 saturated carbocycles. The molecule has 8 nitrogen and oxygen atoms in total. The number of halogens is 7. The van der Waals surface area contributed by atoms with Gasteiger partial charge in [0.15, 0.2) is 19.0 Å². The quantitative estimate of drug-likeness (QED) is 0.0271. The van der Waals surface area contributed by atoms with E-state index in [0.29, 0.717) is 68.4 Å². The van der Waals surface area contributed by atoms with E-state index in [1.54, 1.807) is 60.7 Å². The summed E-state index contributed by atoms with van der Waals surface area (Å²) in [5.41, 5.74) is 0.933. The molecule has 0 heterocycles. The minimum absolute atomic E-state index is 0. The fourth-order valence-corrected chi connectivity index (χ4v) is 6.73. The van der Waals surface area contributed by atoms with Gasteiger partial charge in [-0.05, 0) is 120 Å². The van der Waals surface area contributed by atoms with E-state index < -0.39 is 32.6 Å². The molecule has 0 unspecified atom stereocenters. The maximum atomic E-state index is 14.3. The molecule has 0 aromatic heterocycles. The van der Waals surface area contributed by atoms with Gasteiger partial charge in [0.1, 0.15) is 17.3 Å². The molecule has 0 spiro atoms. The van der Waals surface area contributed by atoms with Crippen molar-refractivity contribution in [2.75, 3.05) is 13.2 Å². The van der Waals surface area contributed by atoms with Crippen LogP contribution in [0.25, 0.3) is 0 Å². The molecule has 2 aliphatic rings. The molecule has 0 bridgehead atoms. The van der Waals surface area contributed by atoms with Crippen molar-refractivity contribution in [3.8, 4) is 11.5 Å². The van der Waals surface area contributed by atoms with E-state index >= 15 is 0 Å². The molecule has 1 fully saturated rings. The van der Waals surface area contributed by atoms with Gasteiger partial charge in [0.25, 0.3) is 11.8 Å². The van der Waals surface area contributed by atoms with Crippen molar-refractivity contribution >= 4 is 31.0 Å². The first kappa shape index (κ1) is 65.2. The van der Waals surface area contributed by atoms with Crippen LogP contribution < -0.4 is 60.9 Å². The van der Waals surface area contributed by atoms with Gasteiger partial charge in [-0.3, -0.25) is 32.1 Å². The summed E-state index contributed by atoms with van der Waals surface area (Å²) in [6, 6.07) is 16.9. The third kappa shape index (κ3) is 32.7. The number of allylic oxidation sites excluding steroid dienone is 7. The largest absolute Gasteiger partial charge is 1.00 e. The average molecular weight is 1000 g/mol. The number of carbonyl (C=O) groups is 4. The van der Waals surface area contributed by atoms with Gasteiger partial charge in [0, 0.05) is 31.6 Å². The van der Waals surface area contributed by atoms with Crippen molar-refractivity contribution in [3.05, 3.63) is 121 Å². The Balaban J connectivity index is 0.00000105. The zero-order valence-electron chi connectivity index (χ0n) is 40.9. The van der Waals surface area contributed by atoms with Crippen molar-refractivity contribution in [3.63, 3.8) is 0 Å². The molecule has 17 heteroatoms. The summed E-state index contributed by atoms with van der Waals surface area (Å²) in [5.74, 6) is -5.46. The second-order valence-corrected chi connectivity index (χ2v) is 16.9. The van der Waals surface area contributed by atoms with Crippen LogP contribution in [0.2, 0.25) is 0 Å². The molecule has 376 valence electrons. The van der Waals surface area contributed by atoms with E-state index in [1.165, 1.54) is 6.08 Å². The zero-order valence-corrected chi connectivity index (χ0v) is 44.0. The Bertz CT molecular complexity index is 1910. The van der Waals surface area contributed by atoms with Gasteiger partial charge in [0.05, 0.1) is 12.2 Å². The molecule has 0 amide bonds. The summed E-state index contributed by atoms with van der Waals surface area (Å²) in [7, 11) is -3.67. The molecule has 0 N–H and O–H groups in total. The van der Waals surface area contributed by atoms with Crippen LogP contribution in [0.5, 0.6) is 11.5 Å². The van der Waals surface area contributed by atoms with E-state index in [9.17, 15) is 49.7 Å². The van der Waals surface area contributed by atoms with Crippen LogP contribution in [-0.4, -0.2) is 68.3 Å². The molecule has 69 heavy (non-hydrogen) atoms. The number of para-hydroxylation sites is 2. The molecule has 2 aliphatic carbocycles. The molecule has 2 aromatic carbocycles. The maximum Gasteiger partial charge on any atom is 1.00 e. The number of alkyl halides is 4. The van der Waals surface area contributed by atoms with Crippen LogP contribution in [0, 0.1) is 30.3 Å². The maximum absolute atomic E-state index is 14.3. The van der Waals surface area contributed by atoms with E-state index in [4.69, 9.17) is 25.5 Å². The molecule has 0 aliphatic heterocycles. The molecule has 2 aromatic rings. The second-order valence-electron chi connectivity index (χ2n) is 16.9. The number of ether oxygens (including phenoxy) is 4. The number of unbranched alkanes of at least 4 members (excludes halogenated alkanes) is 2. The Morgan fingerprint density at radius 3 is 1.64 bits per heavy atom. The molecule has 4 atom stereocenters. The first-order chi connectivity index (χ1) is 32.0. The number of esters is 2. The van der Waals surface area contributed by atoms with Crippen LogP contribution >= 0.6 is 0 Å². The third-order valence-electron chi connectivity index (χ3n) is 9.86. The number of Topliss-reactive ketones (excluding diaryl/α,β-unsaturated/α-hetero) is 2. The van der Waals surface area contributed by atoms with Gasteiger partial charge in [-0.25, -0.2) is 14.9 Å². The van der Waals surface area contributed by atoms with Gasteiger partial charge in [-0.1, -0.05) is 86.7 Å². The number of hydrogen-bond donors (Lipinski definition) is 0. The number of benzene rings is 2. The van der Waals surface area contributed by atoms with Crippen LogP contribution in [0.15, 0.2) is 115 Å².